The second-order valence-electron chi connectivity index (χ2n) is 12.1. The first-order valence-corrected chi connectivity index (χ1v) is 14.4. The van der Waals surface area contributed by atoms with Gasteiger partial charge in [-0.2, -0.15) is 13.2 Å². The zero-order valence-corrected chi connectivity index (χ0v) is 24.8. The Balaban J connectivity index is 1.54. The van der Waals surface area contributed by atoms with Gasteiger partial charge in [-0.15, -0.1) is 0 Å². The monoisotopic (exact) mass is 628 g/mol. The van der Waals surface area contributed by atoms with E-state index in [4.69, 9.17) is 26.8 Å². The van der Waals surface area contributed by atoms with Crippen LogP contribution in [0.25, 0.3) is 11.1 Å². The fourth-order valence-corrected chi connectivity index (χ4v) is 5.98. The molecular weight excluding hydrogens is 601 g/mol. The standard InChI is InChI=1S/C31H28ClF3N4O5/c1-29(2)28(42)39(13-18-8-7-17(32)12-37-18)20-9-6-16(11-21(20)43-29)22-23(26(36)40)19(10-15-4-5-15)38-25-24(22)27(41)44-30(25,3)14-31(33,34)35/h6-9,11-12,15H,4-5,10,13-14H2,1-3H3,(H2,36,40). The third kappa shape index (κ3) is 5.36. The summed E-state index contributed by atoms with van der Waals surface area (Å²) in [6.45, 7) is 4.46. The molecule has 2 aliphatic heterocycles. The van der Waals surface area contributed by atoms with Gasteiger partial charge in [0.2, 0.25) is 0 Å². The number of hydrogen-bond donors (Lipinski definition) is 1. The molecule has 230 valence electrons. The lowest BCUT2D eigenvalue weighted by molar-refractivity contribution is -0.173. The maximum Gasteiger partial charge on any atom is 0.393 e. The van der Waals surface area contributed by atoms with E-state index in [2.05, 4.69) is 9.97 Å². The highest BCUT2D eigenvalue weighted by Gasteiger charge is 2.52. The Morgan fingerprint density at radius 3 is 2.45 bits per heavy atom. The van der Waals surface area contributed by atoms with Crippen LogP contribution in [0.4, 0.5) is 18.9 Å². The zero-order valence-electron chi connectivity index (χ0n) is 24.0. The van der Waals surface area contributed by atoms with E-state index in [1.807, 2.05) is 0 Å². The number of carbonyl (C=O) groups excluding carboxylic acids is 3. The lowest BCUT2D eigenvalue weighted by Crippen LogP contribution is -2.52. The van der Waals surface area contributed by atoms with Crippen molar-refractivity contribution < 1.29 is 37.0 Å². The van der Waals surface area contributed by atoms with Crippen molar-refractivity contribution in [1.29, 1.82) is 0 Å². The molecule has 2 amide bonds. The molecule has 1 fully saturated rings. The van der Waals surface area contributed by atoms with Gasteiger partial charge in [0.25, 0.3) is 11.8 Å². The third-order valence-corrected chi connectivity index (χ3v) is 8.26. The minimum Gasteiger partial charge on any atom is -0.476 e. The molecule has 2 N–H and O–H groups in total. The van der Waals surface area contributed by atoms with Crippen LogP contribution in [0, 0.1) is 5.92 Å². The molecule has 0 saturated heterocycles. The number of primary amides is 1. The average molecular weight is 629 g/mol. The number of hydrogen-bond acceptors (Lipinski definition) is 7. The van der Waals surface area contributed by atoms with Gasteiger partial charge in [-0.05, 0) is 75.8 Å². The van der Waals surface area contributed by atoms with E-state index >= 15 is 0 Å². The zero-order chi connectivity index (χ0) is 31.8. The maximum absolute atomic E-state index is 13.7. The second-order valence-corrected chi connectivity index (χ2v) is 12.5. The number of carbonyl (C=O) groups is 3. The van der Waals surface area contributed by atoms with Crippen LogP contribution in [0.3, 0.4) is 0 Å². The van der Waals surface area contributed by atoms with Crippen molar-refractivity contribution >= 4 is 35.1 Å². The van der Waals surface area contributed by atoms with Crippen LogP contribution in [0.1, 0.15) is 77.8 Å². The Hall–Kier alpha value is -4.19. The van der Waals surface area contributed by atoms with Gasteiger partial charge in [-0.25, -0.2) is 4.79 Å². The minimum absolute atomic E-state index is 0.0288. The van der Waals surface area contributed by atoms with E-state index in [-0.39, 0.29) is 57.8 Å². The van der Waals surface area contributed by atoms with Crippen LogP contribution < -0.4 is 15.4 Å². The predicted octanol–water partition coefficient (Wildman–Crippen LogP) is 5.89. The van der Waals surface area contributed by atoms with Crippen LogP contribution in [-0.2, 0) is 28.1 Å². The molecule has 2 aromatic heterocycles. The highest BCUT2D eigenvalue weighted by atomic mass is 35.5. The normalized spacial score (nSPS) is 20.6. The van der Waals surface area contributed by atoms with Gasteiger partial charge in [0.1, 0.15) is 5.75 Å². The predicted molar refractivity (Wildman–Crippen MR) is 153 cm³/mol. The Morgan fingerprint density at radius 2 is 1.84 bits per heavy atom. The quantitative estimate of drug-likeness (QED) is 0.324. The molecule has 4 heterocycles. The van der Waals surface area contributed by atoms with Crippen molar-refractivity contribution in [2.45, 2.75) is 70.4 Å². The van der Waals surface area contributed by atoms with Crippen LogP contribution in [0.15, 0.2) is 36.5 Å². The van der Waals surface area contributed by atoms with Crippen LogP contribution in [0.2, 0.25) is 5.02 Å². The van der Waals surface area contributed by atoms with Crippen LogP contribution >= 0.6 is 11.6 Å². The fraction of sp³-hybridized carbons (Fsp3) is 0.387. The number of alkyl halides is 3. The number of fused-ring (bicyclic) bond motifs is 2. The molecule has 0 spiro atoms. The second kappa shape index (κ2) is 10.2. The first kappa shape index (κ1) is 29.9. The largest absolute Gasteiger partial charge is 0.476 e. The van der Waals surface area contributed by atoms with Crippen molar-refractivity contribution in [3.8, 4) is 16.9 Å². The van der Waals surface area contributed by atoms with Gasteiger partial charge in [-0.1, -0.05) is 17.7 Å². The SMILES string of the molecule is CC1(C)Oc2cc(-c3c(C(N)=O)c(CC4CC4)nc4c3C(=O)OC4(C)CC(F)(F)F)ccc2N(Cc2ccc(Cl)cn2)C1=O. The number of amides is 2. The van der Waals surface area contributed by atoms with Crippen molar-refractivity contribution in [3.63, 3.8) is 0 Å². The summed E-state index contributed by atoms with van der Waals surface area (Å²) in [6.07, 6.45) is -2.61. The number of benzene rings is 1. The molecule has 3 aromatic rings. The topological polar surface area (TPSA) is 125 Å². The summed E-state index contributed by atoms with van der Waals surface area (Å²) in [5, 5.41) is 0.438. The summed E-state index contributed by atoms with van der Waals surface area (Å²) in [6, 6.07) is 8.04. The molecular formula is C31H28ClF3N4O5. The highest BCUT2D eigenvalue weighted by molar-refractivity contribution is 6.30. The number of nitrogens with zero attached hydrogens (tertiary/aromatic N) is 3. The summed E-state index contributed by atoms with van der Waals surface area (Å²) >= 11 is 5.97. The molecule has 44 heavy (non-hydrogen) atoms. The van der Waals surface area contributed by atoms with E-state index in [1.54, 1.807) is 44.2 Å². The average Bonchev–Trinajstić information content (AvgIpc) is 3.69. The molecule has 1 saturated carbocycles. The Labute approximate surface area is 255 Å². The first-order valence-electron chi connectivity index (χ1n) is 14.0. The summed E-state index contributed by atoms with van der Waals surface area (Å²) in [5.41, 5.74) is 3.42. The number of aromatic nitrogens is 2. The van der Waals surface area contributed by atoms with E-state index in [0.29, 0.717) is 22.8 Å². The van der Waals surface area contributed by atoms with E-state index in [1.165, 1.54) is 18.0 Å². The van der Waals surface area contributed by atoms with Gasteiger partial charge < -0.3 is 15.2 Å². The van der Waals surface area contributed by atoms with Crippen molar-refractivity contribution in [1.82, 2.24) is 9.97 Å². The number of pyridine rings is 2. The summed E-state index contributed by atoms with van der Waals surface area (Å²) in [7, 11) is 0. The number of anilines is 1. The van der Waals surface area contributed by atoms with Gasteiger partial charge in [0, 0.05) is 11.8 Å². The number of rotatable bonds is 7. The number of cyclic esters (lactones) is 1. The van der Waals surface area contributed by atoms with Crippen molar-refractivity contribution in [3.05, 3.63) is 69.8 Å². The Bertz CT molecular complexity index is 1720. The molecule has 13 heteroatoms. The molecule has 1 unspecified atom stereocenters. The van der Waals surface area contributed by atoms with Crippen molar-refractivity contribution in [2.24, 2.45) is 11.7 Å². The Kier molecular flexibility index (Phi) is 6.91. The minimum atomic E-state index is -4.67. The lowest BCUT2D eigenvalue weighted by atomic mass is 9.86. The molecule has 6 rings (SSSR count). The summed E-state index contributed by atoms with van der Waals surface area (Å²) < 4.78 is 52.5. The molecule has 1 atom stereocenters. The number of nitrogens with two attached hydrogens (primary N) is 1. The summed E-state index contributed by atoms with van der Waals surface area (Å²) in [4.78, 5) is 50.0. The lowest BCUT2D eigenvalue weighted by Gasteiger charge is -2.39. The molecule has 3 aliphatic rings. The molecule has 0 radical (unpaired) electrons. The number of ether oxygens (including phenoxy) is 2. The van der Waals surface area contributed by atoms with E-state index < -0.39 is 35.7 Å². The van der Waals surface area contributed by atoms with E-state index in [9.17, 15) is 27.6 Å². The first-order chi connectivity index (χ1) is 20.6. The number of esters is 1. The number of halogens is 4. The van der Waals surface area contributed by atoms with Gasteiger partial charge in [0.15, 0.2) is 11.2 Å². The maximum atomic E-state index is 13.7. The fourth-order valence-electron chi connectivity index (χ4n) is 5.87. The van der Waals surface area contributed by atoms with E-state index in [0.717, 1.165) is 12.8 Å². The van der Waals surface area contributed by atoms with Gasteiger partial charge in [-0.3, -0.25) is 24.5 Å². The van der Waals surface area contributed by atoms with Crippen LogP contribution in [0.5, 0.6) is 5.75 Å². The van der Waals surface area contributed by atoms with Gasteiger partial charge in [0.05, 0.1) is 51.9 Å². The summed E-state index contributed by atoms with van der Waals surface area (Å²) in [5.74, 6) is -1.83. The Morgan fingerprint density at radius 1 is 1.11 bits per heavy atom. The smallest absolute Gasteiger partial charge is 0.393 e. The highest BCUT2D eigenvalue weighted by Crippen LogP contribution is 2.49. The molecule has 1 aromatic carbocycles. The van der Waals surface area contributed by atoms with Crippen molar-refractivity contribution in [2.75, 3.05) is 4.90 Å². The van der Waals surface area contributed by atoms with Gasteiger partial charge >= 0.3 is 12.1 Å². The van der Waals surface area contributed by atoms with Crippen LogP contribution in [-0.4, -0.2) is 39.5 Å². The molecule has 9 nitrogen and oxygen atoms in total. The third-order valence-electron chi connectivity index (χ3n) is 8.03. The molecule has 1 aliphatic carbocycles. The molecule has 0 bridgehead atoms.